The van der Waals surface area contributed by atoms with E-state index in [9.17, 15) is 18.0 Å². The molecule has 0 unspecified atom stereocenters. The number of ether oxygens (including phenoxy) is 1. The summed E-state index contributed by atoms with van der Waals surface area (Å²) in [6.07, 6.45) is 4.23. The molecule has 1 aliphatic carbocycles. The Kier molecular flexibility index (Phi) is 6.69. The normalized spacial score (nSPS) is 21.7. The summed E-state index contributed by atoms with van der Waals surface area (Å²) in [4.78, 5) is 24.6. The minimum Gasteiger partial charge on any atom is -0.449 e. The molecule has 0 heterocycles. The summed E-state index contributed by atoms with van der Waals surface area (Å²) < 4.78 is 28.5. The lowest BCUT2D eigenvalue weighted by Gasteiger charge is -2.30. The first kappa shape index (κ1) is 20.7. The number of halogens is 1. The summed E-state index contributed by atoms with van der Waals surface area (Å²) in [6, 6.07) is 3.88. The summed E-state index contributed by atoms with van der Waals surface area (Å²) >= 11 is 5.98. The zero-order valence-corrected chi connectivity index (χ0v) is 16.7. The summed E-state index contributed by atoms with van der Waals surface area (Å²) in [5.41, 5.74) is -0.0831. The number of amides is 1. The van der Waals surface area contributed by atoms with Crippen LogP contribution >= 0.6 is 11.6 Å². The van der Waals surface area contributed by atoms with E-state index in [2.05, 4.69) is 12.2 Å². The second kappa shape index (κ2) is 8.39. The maximum atomic E-state index is 12.3. The molecule has 0 aromatic heterocycles. The molecule has 0 bridgehead atoms. The largest absolute Gasteiger partial charge is 0.449 e. The first-order valence-corrected chi connectivity index (χ1v) is 10.9. The highest BCUT2D eigenvalue weighted by Gasteiger charge is 2.27. The van der Waals surface area contributed by atoms with Gasteiger partial charge < -0.3 is 10.1 Å². The lowest BCUT2D eigenvalue weighted by molar-refractivity contribution is -0.130. The smallest absolute Gasteiger partial charge is 0.340 e. The molecule has 3 atom stereocenters. The van der Waals surface area contributed by atoms with Gasteiger partial charge in [0.25, 0.3) is 5.91 Å². The van der Waals surface area contributed by atoms with Crippen LogP contribution in [0.3, 0.4) is 0 Å². The molecule has 1 aliphatic rings. The van der Waals surface area contributed by atoms with Crippen molar-refractivity contribution >= 4 is 33.3 Å². The van der Waals surface area contributed by atoms with E-state index in [0.717, 1.165) is 38.0 Å². The Labute approximate surface area is 159 Å². The fourth-order valence-electron chi connectivity index (χ4n) is 3.00. The first-order valence-electron chi connectivity index (χ1n) is 8.60. The molecule has 2 rings (SSSR count). The average Bonchev–Trinajstić information content (AvgIpc) is 2.56. The van der Waals surface area contributed by atoms with Crippen LogP contribution in [0.4, 0.5) is 0 Å². The molecule has 144 valence electrons. The van der Waals surface area contributed by atoms with Gasteiger partial charge in [0, 0.05) is 12.3 Å². The topological polar surface area (TPSA) is 89.5 Å². The van der Waals surface area contributed by atoms with E-state index in [4.69, 9.17) is 16.3 Å². The summed E-state index contributed by atoms with van der Waals surface area (Å²) in [7, 11) is -3.49. The van der Waals surface area contributed by atoms with Gasteiger partial charge in [-0.05, 0) is 43.9 Å². The molecule has 0 aliphatic heterocycles. The van der Waals surface area contributed by atoms with Gasteiger partial charge in [0.2, 0.25) is 0 Å². The van der Waals surface area contributed by atoms with Crippen LogP contribution in [-0.4, -0.2) is 38.7 Å². The van der Waals surface area contributed by atoms with E-state index in [1.807, 2.05) is 0 Å². The molecule has 6 nitrogen and oxygen atoms in total. The zero-order chi connectivity index (χ0) is 19.5. The lowest BCUT2D eigenvalue weighted by Crippen LogP contribution is -2.46. The van der Waals surface area contributed by atoms with Crippen molar-refractivity contribution in [3.63, 3.8) is 0 Å². The Bertz CT molecular complexity index is 793. The van der Waals surface area contributed by atoms with Crippen molar-refractivity contribution in [2.75, 3.05) is 6.26 Å². The van der Waals surface area contributed by atoms with Gasteiger partial charge in [-0.15, -0.1) is 0 Å². The average molecular weight is 402 g/mol. The van der Waals surface area contributed by atoms with Crippen molar-refractivity contribution in [3.05, 3.63) is 28.8 Å². The van der Waals surface area contributed by atoms with Crippen LogP contribution in [0.1, 0.15) is 49.9 Å². The highest BCUT2D eigenvalue weighted by molar-refractivity contribution is 7.90. The predicted molar refractivity (Wildman–Crippen MR) is 99.0 cm³/mol. The van der Waals surface area contributed by atoms with Crippen molar-refractivity contribution in [1.29, 1.82) is 0 Å². The number of rotatable bonds is 5. The number of esters is 1. The van der Waals surface area contributed by atoms with E-state index in [1.165, 1.54) is 19.1 Å². The molecule has 1 amide bonds. The van der Waals surface area contributed by atoms with Gasteiger partial charge in [-0.25, -0.2) is 13.2 Å². The number of hydrogen-bond donors (Lipinski definition) is 1. The van der Waals surface area contributed by atoms with Crippen LogP contribution in [0.5, 0.6) is 0 Å². The van der Waals surface area contributed by atoms with Gasteiger partial charge in [-0.2, -0.15) is 0 Å². The zero-order valence-electron chi connectivity index (χ0n) is 15.1. The molecule has 0 radical (unpaired) electrons. The Hall–Kier alpha value is -1.60. The molecule has 8 heteroatoms. The van der Waals surface area contributed by atoms with E-state index >= 15 is 0 Å². The number of hydrogen-bond acceptors (Lipinski definition) is 5. The number of sulfone groups is 1. The van der Waals surface area contributed by atoms with Gasteiger partial charge in [0.1, 0.15) is 0 Å². The quantitative estimate of drug-likeness (QED) is 0.766. The highest BCUT2D eigenvalue weighted by atomic mass is 35.5. The van der Waals surface area contributed by atoms with E-state index < -0.39 is 21.9 Å². The second-order valence-electron chi connectivity index (χ2n) is 6.84. The van der Waals surface area contributed by atoms with Crippen molar-refractivity contribution in [3.8, 4) is 0 Å². The van der Waals surface area contributed by atoms with Crippen molar-refractivity contribution in [1.82, 2.24) is 5.32 Å². The van der Waals surface area contributed by atoms with Gasteiger partial charge in [-0.1, -0.05) is 31.4 Å². The second-order valence-corrected chi connectivity index (χ2v) is 9.26. The van der Waals surface area contributed by atoms with Crippen LogP contribution in [0.2, 0.25) is 5.02 Å². The van der Waals surface area contributed by atoms with Gasteiger partial charge >= 0.3 is 5.97 Å². The van der Waals surface area contributed by atoms with Crippen LogP contribution in [0.25, 0.3) is 0 Å². The number of nitrogens with one attached hydrogen (secondary N) is 1. The van der Waals surface area contributed by atoms with Crippen LogP contribution in [0.15, 0.2) is 23.1 Å². The molecule has 1 fully saturated rings. The van der Waals surface area contributed by atoms with Crippen molar-refractivity contribution in [2.45, 2.75) is 56.6 Å². The maximum absolute atomic E-state index is 12.3. The lowest BCUT2D eigenvalue weighted by atomic mass is 9.86. The van der Waals surface area contributed by atoms with Crippen molar-refractivity contribution < 1.29 is 22.7 Å². The molecule has 0 saturated heterocycles. The third kappa shape index (κ3) is 5.20. The monoisotopic (exact) mass is 401 g/mol. The Balaban J connectivity index is 2.05. The Morgan fingerprint density at radius 3 is 2.54 bits per heavy atom. The fourth-order valence-corrected chi connectivity index (χ4v) is 3.84. The molecule has 26 heavy (non-hydrogen) atoms. The molecule has 0 spiro atoms. The standard InChI is InChI=1S/C18H24ClNO5S/c1-11-6-4-5-7-16(11)20-17(21)12(2)25-18(22)14-10-13(26(3,23)24)8-9-15(14)19/h8-12,16H,4-7H2,1-3H3,(H,20,21)/t11-,12-,16+/m1/s1. The highest BCUT2D eigenvalue weighted by Crippen LogP contribution is 2.24. The van der Waals surface area contributed by atoms with Crippen LogP contribution < -0.4 is 5.32 Å². The van der Waals surface area contributed by atoms with E-state index in [1.54, 1.807) is 0 Å². The summed E-state index contributed by atoms with van der Waals surface area (Å²) in [5.74, 6) is -0.816. The third-order valence-electron chi connectivity index (χ3n) is 4.68. The van der Waals surface area contributed by atoms with Gasteiger partial charge in [-0.3, -0.25) is 4.79 Å². The van der Waals surface area contributed by atoms with Gasteiger partial charge in [0.15, 0.2) is 15.9 Å². The van der Waals surface area contributed by atoms with E-state index in [0.29, 0.717) is 5.92 Å². The summed E-state index contributed by atoms with van der Waals surface area (Å²) in [6.45, 7) is 3.58. The molecule has 1 aromatic carbocycles. The number of carbonyl (C=O) groups is 2. The summed E-state index contributed by atoms with van der Waals surface area (Å²) in [5, 5.41) is 3.00. The van der Waals surface area contributed by atoms with E-state index in [-0.39, 0.29) is 27.4 Å². The number of benzene rings is 1. The minimum absolute atomic E-state index is 0.0398. The maximum Gasteiger partial charge on any atom is 0.340 e. The first-order chi connectivity index (χ1) is 12.1. The SMILES string of the molecule is C[C@@H]1CCCC[C@@H]1NC(=O)[C@@H](C)OC(=O)c1cc(S(C)(=O)=O)ccc1Cl. The van der Waals surface area contributed by atoms with Gasteiger partial charge in [0.05, 0.1) is 15.5 Å². The third-order valence-corrected chi connectivity index (χ3v) is 6.12. The van der Waals surface area contributed by atoms with Crippen molar-refractivity contribution in [2.24, 2.45) is 5.92 Å². The molecular formula is C18H24ClNO5S. The van der Waals surface area contributed by atoms with Crippen LogP contribution in [0, 0.1) is 5.92 Å². The molecule has 1 N–H and O–H groups in total. The molecular weight excluding hydrogens is 378 g/mol. The fraction of sp³-hybridized carbons (Fsp3) is 0.556. The van der Waals surface area contributed by atoms with Crippen LogP contribution in [-0.2, 0) is 19.4 Å². The Morgan fingerprint density at radius 1 is 1.27 bits per heavy atom. The Morgan fingerprint density at radius 2 is 1.92 bits per heavy atom. The number of carbonyl (C=O) groups excluding carboxylic acids is 2. The minimum atomic E-state index is -3.49. The molecule has 1 aromatic rings. The molecule has 1 saturated carbocycles. The predicted octanol–water partition coefficient (Wildman–Crippen LogP) is 2.98.